The number of nitro benzene ring substituents is 1. The van der Waals surface area contributed by atoms with Crippen LogP contribution in [0.5, 0.6) is 5.75 Å². The monoisotopic (exact) mass is 282 g/mol. The summed E-state index contributed by atoms with van der Waals surface area (Å²) < 4.78 is 5.02. The first-order valence-electron chi connectivity index (χ1n) is 5.87. The number of nitro groups is 1. The van der Waals surface area contributed by atoms with Gasteiger partial charge in [0.1, 0.15) is 5.56 Å². The highest BCUT2D eigenvalue weighted by molar-refractivity contribution is 5.92. The molecule has 0 radical (unpaired) electrons. The smallest absolute Gasteiger partial charge is 0.339 e. The molecule has 0 atom stereocenters. The van der Waals surface area contributed by atoms with Gasteiger partial charge >= 0.3 is 11.7 Å². The van der Waals surface area contributed by atoms with E-state index < -0.39 is 34.8 Å². The number of hydrogen-bond donors (Lipinski definition) is 2. The van der Waals surface area contributed by atoms with E-state index >= 15 is 0 Å². The zero-order chi connectivity index (χ0) is 15.1. The normalized spacial score (nSPS) is 9.85. The van der Waals surface area contributed by atoms with E-state index in [-0.39, 0.29) is 5.56 Å². The fraction of sp³-hybridized carbons (Fsp3) is 0.333. The van der Waals surface area contributed by atoms with E-state index in [1.807, 2.05) is 6.92 Å². The summed E-state index contributed by atoms with van der Waals surface area (Å²) in [6, 6.07) is 3.53. The lowest BCUT2D eigenvalue weighted by atomic mass is 10.2. The van der Waals surface area contributed by atoms with Crippen molar-refractivity contribution in [2.24, 2.45) is 0 Å². The Morgan fingerprint density at radius 3 is 2.70 bits per heavy atom. The Balaban J connectivity index is 2.94. The van der Waals surface area contributed by atoms with E-state index in [0.29, 0.717) is 6.54 Å². The van der Waals surface area contributed by atoms with Crippen molar-refractivity contribution in [2.45, 2.75) is 13.3 Å². The van der Waals surface area contributed by atoms with Gasteiger partial charge in [0, 0.05) is 12.6 Å². The van der Waals surface area contributed by atoms with Crippen molar-refractivity contribution in [1.82, 2.24) is 5.32 Å². The second-order valence-corrected chi connectivity index (χ2v) is 3.85. The Morgan fingerprint density at radius 2 is 2.15 bits per heavy atom. The number of nitrogens with zero attached hydrogens (tertiary/aromatic N) is 1. The maximum absolute atomic E-state index is 11.4. The van der Waals surface area contributed by atoms with Gasteiger partial charge < -0.3 is 15.2 Å². The molecule has 0 aliphatic rings. The first kappa shape index (κ1) is 15.4. The van der Waals surface area contributed by atoms with E-state index in [0.717, 1.165) is 12.5 Å². The summed E-state index contributed by atoms with van der Waals surface area (Å²) >= 11 is 0. The van der Waals surface area contributed by atoms with Gasteiger partial charge in [-0.3, -0.25) is 14.9 Å². The van der Waals surface area contributed by atoms with Crippen LogP contribution in [0.2, 0.25) is 0 Å². The molecule has 2 N–H and O–H groups in total. The summed E-state index contributed by atoms with van der Waals surface area (Å²) in [5.41, 5.74) is -0.851. The number of hydrogen-bond acceptors (Lipinski definition) is 5. The number of carbonyl (C=O) groups excluding carboxylic acids is 1. The van der Waals surface area contributed by atoms with Gasteiger partial charge in [0.15, 0.2) is 6.61 Å². The SMILES string of the molecule is CCCNC(=O)COc1c(C(=O)O)cccc1[N+](=O)[O-]. The maximum atomic E-state index is 11.4. The molecule has 0 aliphatic carbocycles. The molecule has 0 fully saturated rings. The van der Waals surface area contributed by atoms with Gasteiger partial charge in [-0.2, -0.15) is 0 Å². The van der Waals surface area contributed by atoms with Crippen LogP contribution in [0.4, 0.5) is 5.69 Å². The highest BCUT2D eigenvalue weighted by atomic mass is 16.6. The Morgan fingerprint density at radius 1 is 1.45 bits per heavy atom. The van der Waals surface area contributed by atoms with Crippen LogP contribution in [0.15, 0.2) is 18.2 Å². The maximum Gasteiger partial charge on any atom is 0.339 e. The van der Waals surface area contributed by atoms with Crippen molar-refractivity contribution in [3.63, 3.8) is 0 Å². The second kappa shape index (κ2) is 7.07. The van der Waals surface area contributed by atoms with Crippen LogP contribution in [0.1, 0.15) is 23.7 Å². The number of aromatic carboxylic acids is 1. The van der Waals surface area contributed by atoms with Gasteiger partial charge in [-0.1, -0.05) is 13.0 Å². The average Bonchev–Trinajstić information content (AvgIpc) is 2.42. The summed E-state index contributed by atoms with van der Waals surface area (Å²) in [6.45, 7) is 1.84. The highest BCUT2D eigenvalue weighted by Gasteiger charge is 2.23. The lowest BCUT2D eigenvalue weighted by Gasteiger charge is -2.09. The van der Waals surface area contributed by atoms with Crippen LogP contribution < -0.4 is 10.1 Å². The highest BCUT2D eigenvalue weighted by Crippen LogP contribution is 2.30. The molecule has 0 saturated heterocycles. The number of benzene rings is 1. The van der Waals surface area contributed by atoms with Crippen molar-refractivity contribution in [1.29, 1.82) is 0 Å². The quantitative estimate of drug-likeness (QED) is 0.573. The number of nitrogens with one attached hydrogen (secondary N) is 1. The van der Waals surface area contributed by atoms with E-state index in [4.69, 9.17) is 9.84 Å². The van der Waals surface area contributed by atoms with Crippen LogP contribution in [0.3, 0.4) is 0 Å². The molecule has 1 aromatic rings. The Hall–Kier alpha value is -2.64. The van der Waals surface area contributed by atoms with Crippen molar-refractivity contribution < 1.29 is 24.4 Å². The van der Waals surface area contributed by atoms with Gasteiger partial charge in [0.25, 0.3) is 5.91 Å². The number of ether oxygens (including phenoxy) is 1. The van der Waals surface area contributed by atoms with Crippen molar-refractivity contribution in [3.05, 3.63) is 33.9 Å². The lowest BCUT2D eigenvalue weighted by molar-refractivity contribution is -0.385. The Bertz CT molecular complexity index is 496. The summed E-state index contributed by atoms with van der Waals surface area (Å²) in [6.07, 6.45) is 0.734. The molecular weight excluding hydrogens is 268 g/mol. The molecule has 0 saturated carbocycles. The molecular formula is C12H14N2O6. The number of carbonyl (C=O) groups is 2. The zero-order valence-electron chi connectivity index (χ0n) is 10.8. The molecule has 20 heavy (non-hydrogen) atoms. The topological polar surface area (TPSA) is 119 Å². The third-order valence-electron chi connectivity index (χ3n) is 2.34. The summed E-state index contributed by atoms with van der Waals surface area (Å²) in [4.78, 5) is 32.5. The molecule has 1 aromatic carbocycles. The fourth-order valence-corrected chi connectivity index (χ4v) is 1.44. The van der Waals surface area contributed by atoms with Gasteiger partial charge in [-0.25, -0.2) is 4.79 Å². The number of carboxylic acids is 1. The molecule has 0 heterocycles. The van der Waals surface area contributed by atoms with E-state index in [2.05, 4.69) is 5.32 Å². The van der Waals surface area contributed by atoms with Crippen LogP contribution in [0.25, 0.3) is 0 Å². The Labute approximate surface area is 114 Å². The van der Waals surface area contributed by atoms with E-state index in [9.17, 15) is 19.7 Å². The molecule has 0 spiro atoms. The number of carboxylic acid groups (broad SMARTS) is 1. The van der Waals surface area contributed by atoms with Crippen LogP contribution in [-0.4, -0.2) is 35.1 Å². The van der Waals surface area contributed by atoms with Crippen molar-refractivity contribution in [3.8, 4) is 5.75 Å². The largest absolute Gasteiger partial charge is 0.478 e. The molecule has 0 aromatic heterocycles. The first-order valence-corrected chi connectivity index (χ1v) is 5.87. The summed E-state index contributed by atoms with van der Waals surface area (Å²) in [5, 5.41) is 22.3. The minimum Gasteiger partial charge on any atom is -0.478 e. The lowest BCUT2D eigenvalue weighted by Crippen LogP contribution is -2.29. The summed E-state index contributed by atoms with van der Waals surface area (Å²) in [7, 11) is 0. The number of para-hydroxylation sites is 1. The average molecular weight is 282 g/mol. The van der Waals surface area contributed by atoms with Gasteiger partial charge in [-0.15, -0.1) is 0 Å². The van der Waals surface area contributed by atoms with E-state index in [1.54, 1.807) is 0 Å². The zero-order valence-corrected chi connectivity index (χ0v) is 10.8. The first-order chi connectivity index (χ1) is 9.47. The molecule has 8 nitrogen and oxygen atoms in total. The van der Waals surface area contributed by atoms with Crippen LogP contribution >= 0.6 is 0 Å². The number of amides is 1. The third kappa shape index (κ3) is 3.94. The van der Waals surface area contributed by atoms with Crippen LogP contribution in [0, 0.1) is 10.1 Å². The molecule has 108 valence electrons. The second-order valence-electron chi connectivity index (χ2n) is 3.85. The predicted octanol–water partition coefficient (Wildman–Crippen LogP) is 1.20. The van der Waals surface area contributed by atoms with Gasteiger partial charge in [0.05, 0.1) is 4.92 Å². The molecule has 0 aliphatic heterocycles. The predicted molar refractivity (Wildman–Crippen MR) is 68.9 cm³/mol. The third-order valence-corrected chi connectivity index (χ3v) is 2.34. The minimum absolute atomic E-state index is 0.359. The number of rotatable bonds is 7. The minimum atomic E-state index is -1.36. The Kier molecular flexibility index (Phi) is 5.45. The standard InChI is InChI=1S/C12H14N2O6/c1-2-6-13-10(15)7-20-11-8(12(16)17)4-3-5-9(11)14(18)19/h3-5H,2,6-7H2,1H3,(H,13,15)(H,16,17). The van der Waals surface area contributed by atoms with Gasteiger partial charge in [0.2, 0.25) is 5.75 Å². The van der Waals surface area contributed by atoms with Gasteiger partial charge in [-0.05, 0) is 12.5 Å². The fourth-order valence-electron chi connectivity index (χ4n) is 1.44. The van der Waals surface area contributed by atoms with Crippen molar-refractivity contribution >= 4 is 17.6 Å². The summed E-state index contributed by atoms with van der Waals surface area (Å²) in [5.74, 6) is -2.25. The van der Waals surface area contributed by atoms with Crippen LogP contribution in [-0.2, 0) is 4.79 Å². The molecule has 8 heteroatoms. The van der Waals surface area contributed by atoms with E-state index in [1.165, 1.54) is 12.1 Å². The molecule has 1 amide bonds. The van der Waals surface area contributed by atoms with Crippen molar-refractivity contribution in [2.75, 3.05) is 13.2 Å². The molecule has 0 bridgehead atoms. The molecule has 1 rings (SSSR count). The molecule has 0 unspecified atom stereocenters.